The molecule has 2 N–H and O–H groups in total. The zero-order chi connectivity index (χ0) is 9.14. The molecule has 0 unspecified atom stereocenters. The smallest absolute Gasteiger partial charge is 0.264 e. The van der Waals surface area contributed by atoms with Gasteiger partial charge in [0.1, 0.15) is 0 Å². The summed E-state index contributed by atoms with van der Waals surface area (Å²) in [7, 11) is 0. The van der Waals surface area contributed by atoms with Crippen LogP contribution in [0.4, 0.5) is 8.78 Å². The quantitative estimate of drug-likeness (QED) is 0.726. The molecule has 0 aromatic heterocycles. The van der Waals surface area contributed by atoms with E-state index in [9.17, 15) is 8.78 Å². The zero-order valence-corrected chi connectivity index (χ0v) is 6.85. The number of nitrogens with two attached hydrogens (primary N) is 1. The summed E-state index contributed by atoms with van der Waals surface area (Å²) in [6, 6.07) is 4.82. The van der Waals surface area contributed by atoms with Crippen molar-refractivity contribution in [2.75, 3.05) is 0 Å². The number of aryl methyl sites for hydroxylation is 1. The lowest BCUT2D eigenvalue weighted by atomic mass is 10.0. The lowest BCUT2D eigenvalue weighted by molar-refractivity contribution is 0.150. The fourth-order valence-corrected chi connectivity index (χ4v) is 1.21. The third-order valence-corrected chi connectivity index (χ3v) is 1.89. The van der Waals surface area contributed by atoms with Gasteiger partial charge in [0.2, 0.25) is 0 Å². The predicted molar refractivity (Wildman–Crippen MR) is 44.0 cm³/mol. The lowest BCUT2D eigenvalue weighted by Gasteiger charge is -2.08. The summed E-state index contributed by atoms with van der Waals surface area (Å²) in [5.41, 5.74) is 6.80. The molecule has 0 atom stereocenters. The van der Waals surface area contributed by atoms with Crippen LogP contribution in [-0.2, 0) is 6.54 Å². The highest BCUT2D eigenvalue weighted by Crippen LogP contribution is 2.24. The molecule has 3 heteroatoms. The summed E-state index contributed by atoms with van der Waals surface area (Å²) in [5.74, 6) is 0. The molecule has 0 saturated carbocycles. The standard InChI is InChI=1S/C9H11F2N/c1-6-3-2-4-7(9(10)11)8(6)5-12/h2-4,9H,5,12H2,1H3. The Labute approximate surface area is 70.2 Å². The van der Waals surface area contributed by atoms with Gasteiger partial charge in [0, 0.05) is 12.1 Å². The Bertz CT molecular complexity index is 271. The fraction of sp³-hybridized carbons (Fsp3) is 0.333. The van der Waals surface area contributed by atoms with Gasteiger partial charge >= 0.3 is 0 Å². The minimum absolute atomic E-state index is 0.0532. The minimum Gasteiger partial charge on any atom is -0.326 e. The highest BCUT2D eigenvalue weighted by atomic mass is 19.3. The van der Waals surface area contributed by atoms with Gasteiger partial charge in [0.05, 0.1) is 0 Å². The Hall–Kier alpha value is -0.960. The van der Waals surface area contributed by atoms with Gasteiger partial charge < -0.3 is 5.73 Å². The molecule has 66 valence electrons. The molecule has 1 aromatic carbocycles. The van der Waals surface area contributed by atoms with E-state index in [-0.39, 0.29) is 12.1 Å². The summed E-state index contributed by atoms with van der Waals surface area (Å²) < 4.78 is 24.7. The van der Waals surface area contributed by atoms with Crippen LogP contribution in [0.5, 0.6) is 0 Å². The van der Waals surface area contributed by atoms with E-state index < -0.39 is 6.43 Å². The van der Waals surface area contributed by atoms with E-state index in [1.54, 1.807) is 19.1 Å². The Morgan fingerprint density at radius 2 is 2.08 bits per heavy atom. The van der Waals surface area contributed by atoms with Crippen LogP contribution in [0.3, 0.4) is 0 Å². The maximum atomic E-state index is 12.3. The van der Waals surface area contributed by atoms with Crippen molar-refractivity contribution < 1.29 is 8.78 Å². The number of halogens is 2. The minimum atomic E-state index is -2.43. The van der Waals surface area contributed by atoms with Crippen molar-refractivity contribution in [2.45, 2.75) is 19.9 Å². The third-order valence-electron chi connectivity index (χ3n) is 1.89. The van der Waals surface area contributed by atoms with Crippen molar-refractivity contribution in [3.63, 3.8) is 0 Å². The summed E-state index contributed by atoms with van der Waals surface area (Å²) >= 11 is 0. The van der Waals surface area contributed by atoms with E-state index in [0.717, 1.165) is 5.56 Å². The van der Waals surface area contributed by atoms with Gasteiger partial charge in [-0.1, -0.05) is 18.2 Å². The van der Waals surface area contributed by atoms with E-state index in [0.29, 0.717) is 5.56 Å². The molecule has 1 aromatic rings. The highest BCUT2D eigenvalue weighted by Gasteiger charge is 2.12. The Balaban J connectivity index is 3.18. The molecular formula is C9H11F2N. The van der Waals surface area contributed by atoms with Crippen LogP contribution in [-0.4, -0.2) is 0 Å². The zero-order valence-electron chi connectivity index (χ0n) is 6.85. The summed E-state index contributed by atoms with van der Waals surface area (Å²) in [5, 5.41) is 0. The van der Waals surface area contributed by atoms with Crippen molar-refractivity contribution in [2.24, 2.45) is 5.73 Å². The molecule has 1 nitrogen and oxygen atoms in total. The average Bonchev–Trinajstić information content (AvgIpc) is 2.03. The van der Waals surface area contributed by atoms with Crippen LogP contribution in [0.25, 0.3) is 0 Å². The van der Waals surface area contributed by atoms with Gasteiger partial charge in [0.15, 0.2) is 0 Å². The molecule has 0 saturated heterocycles. The Morgan fingerprint density at radius 3 is 2.50 bits per heavy atom. The first-order valence-electron chi connectivity index (χ1n) is 3.73. The molecule has 0 aliphatic rings. The highest BCUT2D eigenvalue weighted by molar-refractivity contribution is 5.34. The molecule has 0 heterocycles. The van der Waals surface area contributed by atoms with Crippen LogP contribution in [0.15, 0.2) is 18.2 Å². The molecule has 0 fully saturated rings. The second kappa shape index (κ2) is 3.63. The van der Waals surface area contributed by atoms with Gasteiger partial charge in [-0.3, -0.25) is 0 Å². The van der Waals surface area contributed by atoms with E-state index in [4.69, 9.17) is 5.73 Å². The fourth-order valence-electron chi connectivity index (χ4n) is 1.21. The number of benzene rings is 1. The van der Waals surface area contributed by atoms with E-state index >= 15 is 0 Å². The molecule has 0 bridgehead atoms. The van der Waals surface area contributed by atoms with Crippen LogP contribution in [0, 0.1) is 6.92 Å². The van der Waals surface area contributed by atoms with Gasteiger partial charge in [-0.25, -0.2) is 8.78 Å². The van der Waals surface area contributed by atoms with Crippen molar-refractivity contribution in [3.8, 4) is 0 Å². The van der Waals surface area contributed by atoms with Gasteiger partial charge in [-0.05, 0) is 18.1 Å². The molecule has 0 aliphatic heterocycles. The van der Waals surface area contributed by atoms with Crippen LogP contribution in [0.1, 0.15) is 23.1 Å². The molecule has 1 rings (SSSR count). The molecule has 0 spiro atoms. The molecule has 0 radical (unpaired) electrons. The van der Waals surface area contributed by atoms with Crippen LogP contribution >= 0.6 is 0 Å². The molecule has 0 amide bonds. The SMILES string of the molecule is Cc1cccc(C(F)F)c1CN. The first-order valence-corrected chi connectivity index (χ1v) is 3.73. The third kappa shape index (κ3) is 1.61. The van der Waals surface area contributed by atoms with Gasteiger partial charge in [-0.15, -0.1) is 0 Å². The van der Waals surface area contributed by atoms with Crippen LogP contribution in [0.2, 0.25) is 0 Å². The Morgan fingerprint density at radius 1 is 1.42 bits per heavy atom. The number of hydrogen-bond acceptors (Lipinski definition) is 1. The monoisotopic (exact) mass is 171 g/mol. The largest absolute Gasteiger partial charge is 0.326 e. The Kier molecular flexibility index (Phi) is 2.76. The summed E-state index contributed by atoms with van der Waals surface area (Å²) in [4.78, 5) is 0. The van der Waals surface area contributed by atoms with Crippen LogP contribution < -0.4 is 5.73 Å². The van der Waals surface area contributed by atoms with Gasteiger partial charge in [-0.2, -0.15) is 0 Å². The van der Waals surface area contributed by atoms with Crippen molar-refractivity contribution in [3.05, 3.63) is 34.9 Å². The normalized spacial score (nSPS) is 10.8. The first-order chi connectivity index (χ1) is 5.66. The first kappa shape index (κ1) is 9.13. The van der Waals surface area contributed by atoms with Crippen molar-refractivity contribution in [1.29, 1.82) is 0 Å². The van der Waals surface area contributed by atoms with E-state index in [2.05, 4.69) is 0 Å². The predicted octanol–water partition coefficient (Wildman–Crippen LogP) is 2.39. The number of alkyl halides is 2. The maximum absolute atomic E-state index is 12.3. The van der Waals surface area contributed by atoms with Crippen molar-refractivity contribution >= 4 is 0 Å². The second-order valence-corrected chi connectivity index (χ2v) is 2.65. The molecular weight excluding hydrogens is 160 g/mol. The van der Waals surface area contributed by atoms with E-state index in [1.165, 1.54) is 6.07 Å². The summed E-state index contributed by atoms with van der Waals surface area (Å²) in [6.45, 7) is 1.96. The van der Waals surface area contributed by atoms with Crippen molar-refractivity contribution in [1.82, 2.24) is 0 Å². The molecule has 0 aliphatic carbocycles. The number of hydrogen-bond donors (Lipinski definition) is 1. The molecule has 12 heavy (non-hydrogen) atoms. The summed E-state index contributed by atoms with van der Waals surface area (Å²) in [6.07, 6.45) is -2.43. The topological polar surface area (TPSA) is 26.0 Å². The average molecular weight is 171 g/mol. The number of rotatable bonds is 2. The lowest BCUT2D eigenvalue weighted by Crippen LogP contribution is -2.04. The van der Waals surface area contributed by atoms with E-state index in [1.807, 2.05) is 0 Å². The second-order valence-electron chi connectivity index (χ2n) is 2.65. The maximum Gasteiger partial charge on any atom is 0.264 e. The van der Waals surface area contributed by atoms with Gasteiger partial charge in [0.25, 0.3) is 6.43 Å².